The number of nitrogens with one attached hydrogen (secondary N) is 2. The molecule has 3 rings (SSSR count). The van der Waals surface area contributed by atoms with Gasteiger partial charge in [-0.25, -0.2) is 22.9 Å². The van der Waals surface area contributed by atoms with Gasteiger partial charge < -0.3 is 21.9 Å². The van der Waals surface area contributed by atoms with Gasteiger partial charge in [-0.05, 0) is 38.4 Å². The minimum Gasteiger partial charge on any atom is -0.478 e. The Bertz CT molecular complexity index is 1080. The zero-order chi connectivity index (χ0) is 25.0. The van der Waals surface area contributed by atoms with Crippen molar-refractivity contribution in [2.45, 2.75) is 62.2 Å². The SMILES string of the molecule is CC(=O)N[C@@H]1[C@@H](N=C(N)N)CC(C(=O)O)=C[C@H]1N1CCC[C@H](NS(=O)(=O)c2ccc(C)cc2)C1. The molecule has 0 unspecified atom stereocenters. The van der Waals surface area contributed by atoms with Crippen LogP contribution in [-0.2, 0) is 19.6 Å². The highest BCUT2D eigenvalue weighted by Crippen LogP contribution is 2.28. The van der Waals surface area contributed by atoms with Crippen molar-refractivity contribution in [1.82, 2.24) is 14.9 Å². The van der Waals surface area contributed by atoms with Gasteiger partial charge >= 0.3 is 5.97 Å². The van der Waals surface area contributed by atoms with Crippen molar-refractivity contribution < 1.29 is 23.1 Å². The van der Waals surface area contributed by atoms with E-state index < -0.39 is 34.1 Å². The number of likely N-dealkylation sites (tertiary alicyclic amines) is 1. The number of aliphatic imine (C=N–C) groups is 1. The number of nitrogens with zero attached hydrogens (tertiary/aromatic N) is 2. The molecule has 1 aromatic carbocycles. The monoisotopic (exact) mass is 492 g/mol. The van der Waals surface area contributed by atoms with E-state index in [1.807, 2.05) is 11.8 Å². The number of nitrogens with two attached hydrogens (primary N) is 2. The largest absolute Gasteiger partial charge is 0.478 e. The molecule has 1 heterocycles. The van der Waals surface area contributed by atoms with E-state index in [1.54, 1.807) is 30.3 Å². The number of carbonyl (C=O) groups is 2. The Morgan fingerprint density at radius 2 is 1.88 bits per heavy atom. The van der Waals surface area contributed by atoms with Crippen LogP contribution in [0.3, 0.4) is 0 Å². The molecular formula is C22H32N6O5S. The predicted molar refractivity (Wildman–Crippen MR) is 127 cm³/mol. The van der Waals surface area contributed by atoms with Gasteiger partial charge in [-0.2, -0.15) is 0 Å². The standard InChI is InChI=1S/C22H32N6O5S/c1-13-5-7-17(8-6-13)34(32,33)27-16-4-3-9-28(12-16)19-11-15(21(30)31)10-18(26-22(23)24)20(19)25-14(2)29/h5-8,11,16,18-20,27H,3-4,9-10,12H2,1-2H3,(H,25,29)(H,30,31)(H4,23,24,26)/t16-,18-,19+,20+/m0/s1. The third kappa shape index (κ3) is 6.33. The van der Waals surface area contributed by atoms with Crippen molar-refractivity contribution in [2.75, 3.05) is 13.1 Å². The highest BCUT2D eigenvalue weighted by atomic mass is 32.2. The van der Waals surface area contributed by atoms with Gasteiger partial charge in [-0.15, -0.1) is 0 Å². The first-order chi connectivity index (χ1) is 16.0. The third-order valence-electron chi connectivity index (χ3n) is 6.07. The molecule has 12 heteroatoms. The van der Waals surface area contributed by atoms with Crippen LogP contribution in [0, 0.1) is 6.92 Å². The number of aryl methyl sites for hydroxylation is 1. The van der Waals surface area contributed by atoms with Gasteiger partial charge in [0.2, 0.25) is 15.9 Å². The van der Waals surface area contributed by atoms with Crippen LogP contribution < -0.4 is 21.5 Å². The molecule has 1 saturated heterocycles. The minimum atomic E-state index is -3.73. The summed E-state index contributed by atoms with van der Waals surface area (Å²) in [5.74, 6) is -1.59. The predicted octanol–water partition coefficient (Wildman–Crippen LogP) is -0.332. The van der Waals surface area contributed by atoms with Crippen LogP contribution in [0.4, 0.5) is 0 Å². The molecule has 0 spiro atoms. The fourth-order valence-electron chi connectivity index (χ4n) is 4.56. The molecule has 186 valence electrons. The number of aliphatic carboxylic acids is 1. The van der Waals surface area contributed by atoms with Gasteiger partial charge in [-0.3, -0.25) is 9.69 Å². The Morgan fingerprint density at radius 1 is 1.21 bits per heavy atom. The molecule has 34 heavy (non-hydrogen) atoms. The quantitative estimate of drug-likeness (QED) is 0.253. The summed E-state index contributed by atoms with van der Waals surface area (Å²) in [7, 11) is -3.73. The number of sulfonamides is 1. The smallest absolute Gasteiger partial charge is 0.331 e. The molecule has 1 aliphatic heterocycles. The van der Waals surface area contributed by atoms with Gasteiger partial charge in [0, 0.05) is 31.5 Å². The molecular weight excluding hydrogens is 460 g/mol. The normalized spacial score (nSPS) is 25.8. The average Bonchev–Trinajstić information content (AvgIpc) is 2.74. The Balaban J connectivity index is 1.86. The van der Waals surface area contributed by atoms with Crippen LogP contribution in [0.15, 0.2) is 45.8 Å². The molecule has 11 nitrogen and oxygen atoms in total. The molecule has 0 saturated carbocycles. The number of hydrogen-bond donors (Lipinski definition) is 5. The van der Waals surface area contributed by atoms with Gasteiger partial charge in [0.25, 0.3) is 0 Å². The summed E-state index contributed by atoms with van der Waals surface area (Å²) in [5, 5.41) is 12.5. The second-order valence-electron chi connectivity index (χ2n) is 8.81. The molecule has 1 aliphatic carbocycles. The first kappa shape index (κ1) is 25.7. The highest BCUT2D eigenvalue weighted by Gasteiger charge is 2.40. The summed E-state index contributed by atoms with van der Waals surface area (Å²) in [5.41, 5.74) is 12.3. The fourth-order valence-corrected chi connectivity index (χ4v) is 5.82. The van der Waals surface area contributed by atoms with Crippen molar-refractivity contribution in [3.63, 3.8) is 0 Å². The lowest BCUT2D eigenvalue weighted by Crippen LogP contribution is -2.61. The highest BCUT2D eigenvalue weighted by molar-refractivity contribution is 7.89. The summed E-state index contributed by atoms with van der Waals surface area (Å²) in [6, 6.07) is 4.46. The van der Waals surface area contributed by atoms with Gasteiger partial charge in [0.05, 0.1) is 23.0 Å². The lowest BCUT2D eigenvalue weighted by atomic mass is 9.84. The van der Waals surface area contributed by atoms with Crippen LogP contribution >= 0.6 is 0 Å². The van der Waals surface area contributed by atoms with Crippen LogP contribution in [0.25, 0.3) is 0 Å². The first-order valence-corrected chi connectivity index (χ1v) is 12.6. The molecule has 1 amide bonds. The Kier molecular flexibility index (Phi) is 7.95. The Morgan fingerprint density at radius 3 is 2.47 bits per heavy atom. The second kappa shape index (κ2) is 10.5. The van der Waals surface area contributed by atoms with E-state index in [0.717, 1.165) is 5.56 Å². The molecule has 0 aromatic heterocycles. The molecule has 0 radical (unpaired) electrons. The van der Waals surface area contributed by atoms with E-state index in [0.29, 0.717) is 25.9 Å². The number of benzene rings is 1. The van der Waals surface area contributed by atoms with Crippen molar-refractivity contribution >= 4 is 27.9 Å². The first-order valence-electron chi connectivity index (χ1n) is 11.1. The van der Waals surface area contributed by atoms with E-state index in [1.165, 1.54) is 6.92 Å². The number of carbonyl (C=O) groups excluding carboxylic acids is 1. The van der Waals surface area contributed by atoms with E-state index in [-0.39, 0.29) is 34.8 Å². The summed E-state index contributed by atoms with van der Waals surface area (Å²) in [6.07, 6.45) is 2.99. The molecule has 4 atom stereocenters. The number of guanidine groups is 1. The Hall–Kier alpha value is -2.96. The maximum atomic E-state index is 12.9. The van der Waals surface area contributed by atoms with Crippen LogP contribution in [0.2, 0.25) is 0 Å². The van der Waals surface area contributed by atoms with Crippen molar-refractivity contribution in [2.24, 2.45) is 16.5 Å². The minimum absolute atomic E-state index is 0.0615. The molecule has 1 aromatic rings. The number of amides is 1. The second-order valence-corrected chi connectivity index (χ2v) is 10.5. The van der Waals surface area contributed by atoms with Crippen LogP contribution in [0.5, 0.6) is 0 Å². The third-order valence-corrected chi connectivity index (χ3v) is 7.61. The number of hydrogen-bond acceptors (Lipinski definition) is 6. The molecule has 2 aliphatic rings. The summed E-state index contributed by atoms with van der Waals surface area (Å²) < 4.78 is 28.6. The van der Waals surface area contributed by atoms with Crippen molar-refractivity contribution in [3.8, 4) is 0 Å². The van der Waals surface area contributed by atoms with E-state index >= 15 is 0 Å². The fraction of sp³-hybridized carbons (Fsp3) is 0.500. The Labute approximate surface area is 199 Å². The number of carboxylic acid groups (broad SMARTS) is 1. The summed E-state index contributed by atoms with van der Waals surface area (Å²) in [4.78, 5) is 30.1. The zero-order valence-corrected chi connectivity index (χ0v) is 20.1. The van der Waals surface area contributed by atoms with E-state index in [4.69, 9.17) is 11.5 Å². The van der Waals surface area contributed by atoms with Gasteiger partial charge in [0.15, 0.2) is 5.96 Å². The van der Waals surface area contributed by atoms with E-state index in [9.17, 15) is 23.1 Å². The van der Waals surface area contributed by atoms with E-state index in [2.05, 4.69) is 15.0 Å². The number of piperidine rings is 1. The summed E-state index contributed by atoms with van der Waals surface area (Å²) >= 11 is 0. The van der Waals surface area contributed by atoms with Crippen LogP contribution in [0.1, 0.15) is 31.7 Å². The maximum absolute atomic E-state index is 12.9. The molecule has 7 N–H and O–H groups in total. The van der Waals surface area contributed by atoms with Crippen molar-refractivity contribution in [1.29, 1.82) is 0 Å². The van der Waals surface area contributed by atoms with Crippen LogP contribution in [-0.4, -0.2) is 73.5 Å². The van der Waals surface area contributed by atoms with Crippen molar-refractivity contribution in [3.05, 3.63) is 41.5 Å². The maximum Gasteiger partial charge on any atom is 0.331 e. The zero-order valence-electron chi connectivity index (χ0n) is 19.3. The number of rotatable bonds is 7. The molecule has 0 bridgehead atoms. The lowest BCUT2D eigenvalue weighted by molar-refractivity contribution is -0.133. The average molecular weight is 493 g/mol. The topological polar surface area (TPSA) is 180 Å². The van der Waals surface area contributed by atoms with Gasteiger partial charge in [-0.1, -0.05) is 23.8 Å². The van der Waals surface area contributed by atoms with Gasteiger partial charge in [0.1, 0.15) is 0 Å². The molecule has 1 fully saturated rings. The number of carboxylic acids is 1. The summed E-state index contributed by atoms with van der Waals surface area (Å²) in [6.45, 7) is 4.19. The lowest BCUT2D eigenvalue weighted by Gasteiger charge is -2.44.